The van der Waals surface area contributed by atoms with Crippen LogP contribution in [0.4, 0.5) is 4.79 Å². The Hall–Kier alpha value is -2.13. The number of carboxylic acid groups (broad SMARTS) is 1. The summed E-state index contributed by atoms with van der Waals surface area (Å²) < 4.78 is 0. The van der Waals surface area contributed by atoms with Crippen molar-refractivity contribution in [1.29, 1.82) is 5.26 Å². The average Bonchev–Trinajstić information content (AvgIpc) is 2.91. The van der Waals surface area contributed by atoms with Crippen LogP contribution in [0.3, 0.4) is 0 Å². The van der Waals surface area contributed by atoms with Gasteiger partial charge in [0.2, 0.25) is 0 Å². The van der Waals surface area contributed by atoms with Crippen LogP contribution in [-0.2, 0) is 5.41 Å². The van der Waals surface area contributed by atoms with Gasteiger partial charge in [0, 0.05) is 44.1 Å². The van der Waals surface area contributed by atoms with Crippen molar-refractivity contribution < 1.29 is 9.90 Å². The Morgan fingerprint density at radius 3 is 2.62 bits per heavy atom. The van der Waals surface area contributed by atoms with Gasteiger partial charge in [0.25, 0.3) is 0 Å². The van der Waals surface area contributed by atoms with Gasteiger partial charge in [0.1, 0.15) is 0 Å². The van der Waals surface area contributed by atoms with E-state index in [2.05, 4.69) is 22.9 Å². The van der Waals surface area contributed by atoms with Crippen molar-refractivity contribution in [2.45, 2.75) is 62.9 Å². The second-order valence-corrected chi connectivity index (χ2v) is 7.55. The van der Waals surface area contributed by atoms with E-state index in [1.165, 1.54) is 0 Å². The van der Waals surface area contributed by atoms with Crippen molar-refractivity contribution in [2.24, 2.45) is 0 Å². The van der Waals surface area contributed by atoms with E-state index in [0.717, 1.165) is 57.2 Å². The summed E-state index contributed by atoms with van der Waals surface area (Å²) in [7, 11) is 0. The lowest BCUT2D eigenvalue weighted by molar-refractivity contribution is 0.101. The highest BCUT2D eigenvalue weighted by Gasteiger charge is 2.40. The predicted molar refractivity (Wildman–Crippen MR) is 98.8 cm³/mol. The zero-order valence-electron chi connectivity index (χ0n) is 15.5. The van der Waals surface area contributed by atoms with Gasteiger partial charge < -0.3 is 10.0 Å². The lowest BCUT2D eigenvalue weighted by Gasteiger charge is -2.41. The van der Waals surface area contributed by atoms with Gasteiger partial charge in [-0.15, -0.1) is 0 Å². The van der Waals surface area contributed by atoms with Crippen molar-refractivity contribution in [1.82, 2.24) is 14.8 Å². The fourth-order valence-corrected chi connectivity index (χ4v) is 4.62. The van der Waals surface area contributed by atoms with Crippen LogP contribution in [-0.4, -0.2) is 57.7 Å². The molecule has 6 heteroatoms. The highest BCUT2D eigenvalue weighted by molar-refractivity contribution is 5.65. The number of aromatic nitrogens is 1. The molecule has 1 N–H and O–H groups in total. The van der Waals surface area contributed by atoms with Crippen LogP contribution in [0.2, 0.25) is 0 Å². The molecular weight excluding hydrogens is 328 g/mol. The molecule has 2 heterocycles. The highest BCUT2D eigenvalue weighted by Crippen LogP contribution is 2.40. The average molecular weight is 356 g/mol. The molecule has 26 heavy (non-hydrogen) atoms. The summed E-state index contributed by atoms with van der Waals surface area (Å²) in [6, 6.07) is 7.02. The Morgan fingerprint density at radius 1 is 1.35 bits per heavy atom. The Balaban J connectivity index is 1.68. The number of hydrogen-bond acceptors (Lipinski definition) is 4. The molecule has 6 nitrogen and oxygen atoms in total. The van der Waals surface area contributed by atoms with Crippen LogP contribution in [0.15, 0.2) is 24.5 Å². The van der Waals surface area contributed by atoms with Crippen LogP contribution in [0.1, 0.15) is 51.0 Å². The zero-order chi connectivity index (χ0) is 18.6. The second kappa shape index (κ2) is 8.05. The molecule has 0 spiro atoms. The fourth-order valence-electron chi connectivity index (χ4n) is 4.62. The lowest BCUT2D eigenvalue weighted by atomic mass is 9.69. The van der Waals surface area contributed by atoms with Gasteiger partial charge in [-0.3, -0.25) is 9.88 Å². The zero-order valence-corrected chi connectivity index (χ0v) is 15.5. The molecule has 1 aromatic heterocycles. The number of carbonyl (C=O) groups is 1. The predicted octanol–water partition coefficient (Wildman–Crippen LogP) is 3.25. The molecule has 0 radical (unpaired) electrons. The van der Waals surface area contributed by atoms with Crippen molar-refractivity contribution in [3.8, 4) is 6.07 Å². The third kappa shape index (κ3) is 3.68. The summed E-state index contributed by atoms with van der Waals surface area (Å²) in [5.74, 6) is 0. The molecule has 1 amide bonds. The number of nitrogens with zero attached hydrogens (tertiary/aromatic N) is 4. The van der Waals surface area contributed by atoms with Crippen molar-refractivity contribution >= 4 is 6.09 Å². The molecule has 1 aliphatic carbocycles. The summed E-state index contributed by atoms with van der Waals surface area (Å²) >= 11 is 0. The Morgan fingerprint density at radius 2 is 2.04 bits per heavy atom. The van der Waals surface area contributed by atoms with E-state index in [1.54, 1.807) is 17.3 Å². The normalized spacial score (nSPS) is 30.4. The van der Waals surface area contributed by atoms with Gasteiger partial charge in [-0.2, -0.15) is 5.26 Å². The third-order valence-electron chi connectivity index (χ3n) is 6.22. The number of hydrogen-bond donors (Lipinski definition) is 1. The number of amides is 1. The smallest absolute Gasteiger partial charge is 0.407 e. The van der Waals surface area contributed by atoms with Gasteiger partial charge in [0.05, 0.1) is 11.5 Å². The van der Waals surface area contributed by atoms with Gasteiger partial charge >= 0.3 is 6.09 Å². The third-order valence-corrected chi connectivity index (χ3v) is 6.22. The maximum Gasteiger partial charge on any atom is 0.407 e. The molecule has 2 fully saturated rings. The minimum Gasteiger partial charge on any atom is -0.465 e. The van der Waals surface area contributed by atoms with Crippen LogP contribution in [0, 0.1) is 11.3 Å². The van der Waals surface area contributed by atoms with Gasteiger partial charge in [-0.25, -0.2) is 4.79 Å². The molecule has 1 aliphatic heterocycles. The number of rotatable bonds is 3. The summed E-state index contributed by atoms with van der Waals surface area (Å²) in [5.41, 5.74) is 0.676. The largest absolute Gasteiger partial charge is 0.465 e. The molecule has 1 saturated carbocycles. The first-order chi connectivity index (χ1) is 12.6. The standard InChI is InChI=1S/C20H28N4O2/c1-2-17-14-23(12-3-13-24(17)19(25)26)18-4-8-20(15-21,9-5-18)16-6-10-22-11-7-16/h6-7,10-11,17-18H,2-5,8-9,12-14H2,1H3,(H,25,26). The Kier molecular flexibility index (Phi) is 5.77. The minimum atomic E-state index is -0.802. The van der Waals surface area contributed by atoms with Crippen molar-refractivity contribution in [3.05, 3.63) is 30.1 Å². The molecule has 1 aromatic rings. The Labute approximate surface area is 155 Å². The first-order valence-electron chi connectivity index (χ1n) is 9.65. The van der Waals surface area contributed by atoms with Crippen molar-refractivity contribution in [3.63, 3.8) is 0 Å². The van der Waals surface area contributed by atoms with Gasteiger partial charge in [-0.05, 0) is 56.2 Å². The first-order valence-corrected chi connectivity index (χ1v) is 9.65. The molecule has 1 saturated heterocycles. The molecule has 1 unspecified atom stereocenters. The topological polar surface area (TPSA) is 80.5 Å². The quantitative estimate of drug-likeness (QED) is 0.899. The molecule has 1 atom stereocenters. The van der Waals surface area contributed by atoms with Crippen LogP contribution >= 0.6 is 0 Å². The monoisotopic (exact) mass is 356 g/mol. The molecule has 2 aliphatic rings. The van der Waals surface area contributed by atoms with E-state index in [9.17, 15) is 15.2 Å². The first kappa shape index (κ1) is 18.7. The number of nitriles is 1. The maximum absolute atomic E-state index is 11.5. The highest BCUT2D eigenvalue weighted by atomic mass is 16.4. The summed E-state index contributed by atoms with van der Waals surface area (Å²) in [5, 5.41) is 19.3. The van der Waals surface area contributed by atoms with E-state index >= 15 is 0 Å². The number of pyridine rings is 1. The lowest BCUT2D eigenvalue weighted by Crippen LogP contribution is -2.47. The summed E-state index contributed by atoms with van der Waals surface area (Å²) in [4.78, 5) is 19.7. The van der Waals surface area contributed by atoms with Crippen LogP contribution < -0.4 is 0 Å². The summed E-state index contributed by atoms with van der Waals surface area (Å²) in [6.45, 7) is 4.44. The molecule has 3 rings (SSSR count). The van der Waals surface area contributed by atoms with E-state index in [4.69, 9.17) is 0 Å². The van der Waals surface area contributed by atoms with E-state index in [-0.39, 0.29) is 6.04 Å². The molecular formula is C20H28N4O2. The van der Waals surface area contributed by atoms with E-state index in [1.807, 2.05) is 12.1 Å². The van der Waals surface area contributed by atoms with Gasteiger partial charge in [-0.1, -0.05) is 6.92 Å². The molecule has 0 aromatic carbocycles. The minimum absolute atomic E-state index is 0.0675. The van der Waals surface area contributed by atoms with Gasteiger partial charge in [0.15, 0.2) is 0 Å². The van der Waals surface area contributed by atoms with Crippen molar-refractivity contribution in [2.75, 3.05) is 19.6 Å². The molecule has 0 bridgehead atoms. The van der Waals surface area contributed by atoms with Crippen LogP contribution in [0.25, 0.3) is 0 Å². The fraction of sp³-hybridized carbons (Fsp3) is 0.650. The van der Waals surface area contributed by atoms with E-state index in [0.29, 0.717) is 12.6 Å². The maximum atomic E-state index is 11.5. The van der Waals surface area contributed by atoms with E-state index < -0.39 is 11.5 Å². The second-order valence-electron chi connectivity index (χ2n) is 7.55. The Bertz CT molecular complexity index is 650. The van der Waals surface area contributed by atoms with Crippen LogP contribution in [0.5, 0.6) is 0 Å². The summed E-state index contributed by atoms with van der Waals surface area (Å²) in [6.07, 6.45) is 8.13. The molecule has 140 valence electrons. The SMILES string of the molecule is CCC1CN(C2CCC(C#N)(c3ccncc3)CC2)CCCN1C(=O)O.